The van der Waals surface area contributed by atoms with Gasteiger partial charge in [-0.15, -0.1) is 0 Å². The van der Waals surface area contributed by atoms with Crippen molar-refractivity contribution in [2.75, 3.05) is 0 Å². The summed E-state index contributed by atoms with van der Waals surface area (Å²) in [5.41, 5.74) is 1.88. The van der Waals surface area contributed by atoms with E-state index in [1.165, 1.54) is 6.92 Å². The summed E-state index contributed by atoms with van der Waals surface area (Å²) in [5.74, 6) is -1.37. The van der Waals surface area contributed by atoms with Crippen molar-refractivity contribution in [2.24, 2.45) is 0 Å². The molecule has 0 bridgehead atoms. The molecule has 0 aliphatic carbocycles. The van der Waals surface area contributed by atoms with Crippen LogP contribution in [0.1, 0.15) is 18.2 Å². The number of benzene rings is 2. The molecule has 28 heavy (non-hydrogen) atoms. The van der Waals surface area contributed by atoms with Crippen LogP contribution in [0, 0.1) is 0 Å². The van der Waals surface area contributed by atoms with Gasteiger partial charge in [0.1, 0.15) is 5.69 Å². The van der Waals surface area contributed by atoms with Crippen LogP contribution in [0.5, 0.6) is 0 Å². The van der Waals surface area contributed by atoms with E-state index in [0.29, 0.717) is 16.7 Å². The minimum atomic E-state index is -1.13. The third-order valence-corrected chi connectivity index (χ3v) is 3.97. The Morgan fingerprint density at radius 3 is 2.57 bits per heavy atom. The van der Waals surface area contributed by atoms with Crippen molar-refractivity contribution in [2.45, 2.75) is 26.0 Å². The standard InChI is InChI=1S/C20H19N3O5/c1-13(19(25)22-20(26)21-12-14-7-3-2-4-8-14)27-18(24)11-16-15-9-5-6-10-17(15)28-23-16/h2-10,13H,11-12H2,1H3,(H2,21,22,25,26)/t13-/m0/s1. The fourth-order valence-electron chi connectivity index (χ4n) is 2.53. The smallest absolute Gasteiger partial charge is 0.321 e. The van der Waals surface area contributed by atoms with Gasteiger partial charge in [-0.3, -0.25) is 14.9 Å². The van der Waals surface area contributed by atoms with Crippen LogP contribution >= 0.6 is 0 Å². The molecule has 2 N–H and O–H groups in total. The molecule has 0 saturated heterocycles. The van der Waals surface area contributed by atoms with Crippen LogP contribution in [0.15, 0.2) is 59.1 Å². The number of nitrogens with zero attached hydrogens (tertiary/aromatic N) is 1. The second kappa shape index (κ2) is 8.81. The van der Waals surface area contributed by atoms with Gasteiger partial charge < -0.3 is 14.6 Å². The zero-order valence-electron chi connectivity index (χ0n) is 15.2. The summed E-state index contributed by atoms with van der Waals surface area (Å²) >= 11 is 0. The number of amides is 3. The minimum Gasteiger partial charge on any atom is -0.452 e. The van der Waals surface area contributed by atoms with Gasteiger partial charge in [0.05, 0.1) is 6.42 Å². The second-order valence-electron chi connectivity index (χ2n) is 6.09. The van der Waals surface area contributed by atoms with Crippen LogP contribution in [0.25, 0.3) is 11.0 Å². The summed E-state index contributed by atoms with van der Waals surface area (Å²) < 4.78 is 10.2. The van der Waals surface area contributed by atoms with E-state index in [-0.39, 0.29) is 13.0 Å². The molecule has 1 aromatic heterocycles. The first-order chi connectivity index (χ1) is 13.5. The molecule has 8 nitrogen and oxygen atoms in total. The zero-order chi connectivity index (χ0) is 19.9. The van der Waals surface area contributed by atoms with Crippen molar-refractivity contribution in [3.05, 3.63) is 65.9 Å². The maximum atomic E-state index is 12.1. The average Bonchev–Trinajstić information content (AvgIpc) is 3.10. The predicted octanol–water partition coefficient (Wildman–Crippen LogP) is 2.33. The number of urea groups is 1. The van der Waals surface area contributed by atoms with Gasteiger partial charge >= 0.3 is 12.0 Å². The summed E-state index contributed by atoms with van der Waals surface area (Å²) in [6.45, 7) is 1.66. The first-order valence-electron chi connectivity index (χ1n) is 8.68. The number of hydrogen-bond acceptors (Lipinski definition) is 6. The molecule has 3 aromatic rings. The molecule has 3 rings (SSSR count). The maximum absolute atomic E-state index is 12.1. The molecule has 0 fully saturated rings. The summed E-state index contributed by atoms with van der Waals surface area (Å²) in [4.78, 5) is 35.9. The molecule has 2 aromatic carbocycles. The molecule has 1 atom stereocenters. The number of aromatic nitrogens is 1. The normalized spacial score (nSPS) is 11.6. The number of carbonyl (C=O) groups is 3. The Hall–Kier alpha value is -3.68. The monoisotopic (exact) mass is 381 g/mol. The van der Waals surface area contributed by atoms with Gasteiger partial charge in [-0.05, 0) is 24.6 Å². The lowest BCUT2D eigenvalue weighted by molar-refractivity contribution is -0.153. The van der Waals surface area contributed by atoms with Crippen LogP contribution in [-0.2, 0) is 27.3 Å². The number of ether oxygens (including phenoxy) is 1. The highest BCUT2D eigenvalue weighted by Crippen LogP contribution is 2.18. The number of nitrogens with one attached hydrogen (secondary N) is 2. The van der Waals surface area contributed by atoms with Gasteiger partial charge in [0.15, 0.2) is 11.7 Å². The van der Waals surface area contributed by atoms with Crippen LogP contribution in [0.3, 0.4) is 0 Å². The molecule has 3 amide bonds. The lowest BCUT2D eigenvalue weighted by atomic mass is 10.2. The van der Waals surface area contributed by atoms with Crippen molar-refractivity contribution in [1.82, 2.24) is 15.8 Å². The van der Waals surface area contributed by atoms with E-state index in [0.717, 1.165) is 5.56 Å². The predicted molar refractivity (Wildman–Crippen MR) is 100 cm³/mol. The Morgan fingerprint density at radius 1 is 1.07 bits per heavy atom. The Balaban J connectivity index is 1.46. The number of hydrogen-bond donors (Lipinski definition) is 2. The van der Waals surface area contributed by atoms with Crippen molar-refractivity contribution >= 4 is 28.9 Å². The van der Waals surface area contributed by atoms with E-state index >= 15 is 0 Å². The van der Waals surface area contributed by atoms with E-state index in [2.05, 4.69) is 15.8 Å². The van der Waals surface area contributed by atoms with E-state index < -0.39 is 24.0 Å². The Labute approximate surface area is 160 Å². The molecule has 0 radical (unpaired) electrons. The maximum Gasteiger partial charge on any atom is 0.321 e. The highest BCUT2D eigenvalue weighted by atomic mass is 16.5. The number of esters is 1. The van der Waals surface area contributed by atoms with Crippen molar-refractivity contribution < 1.29 is 23.6 Å². The van der Waals surface area contributed by atoms with Gasteiger partial charge in [-0.1, -0.05) is 47.6 Å². The largest absolute Gasteiger partial charge is 0.452 e. The summed E-state index contributed by atoms with van der Waals surface area (Å²) in [6, 6.07) is 15.7. The topological polar surface area (TPSA) is 111 Å². The van der Waals surface area contributed by atoms with Crippen molar-refractivity contribution in [1.29, 1.82) is 0 Å². The number of carbonyl (C=O) groups excluding carboxylic acids is 3. The SMILES string of the molecule is C[C@H](OC(=O)Cc1noc2ccccc12)C(=O)NC(=O)NCc1ccccc1. The summed E-state index contributed by atoms with van der Waals surface area (Å²) in [7, 11) is 0. The highest BCUT2D eigenvalue weighted by molar-refractivity contribution is 5.97. The van der Waals surface area contributed by atoms with Crippen molar-refractivity contribution in [3.63, 3.8) is 0 Å². The van der Waals surface area contributed by atoms with Gasteiger partial charge in [0.2, 0.25) is 0 Å². The van der Waals surface area contributed by atoms with E-state index in [1.807, 2.05) is 30.3 Å². The quantitative estimate of drug-likeness (QED) is 0.634. The molecular formula is C20H19N3O5. The van der Waals surface area contributed by atoms with Crippen LogP contribution < -0.4 is 10.6 Å². The summed E-state index contributed by atoms with van der Waals surface area (Å²) in [5, 5.41) is 9.26. The lowest BCUT2D eigenvalue weighted by Crippen LogP contribution is -2.44. The molecule has 144 valence electrons. The molecule has 0 unspecified atom stereocenters. The lowest BCUT2D eigenvalue weighted by Gasteiger charge is -2.13. The van der Waals surface area contributed by atoms with Gasteiger partial charge in [-0.25, -0.2) is 4.79 Å². The third-order valence-electron chi connectivity index (χ3n) is 3.97. The van der Waals surface area contributed by atoms with E-state index in [1.54, 1.807) is 24.3 Å². The molecule has 0 aliphatic rings. The summed E-state index contributed by atoms with van der Waals surface area (Å²) in [6.07, 6.45) is -1.28. The number of rotatable bonds is 6. The average molecular weight is 381 g/mol. The zero-order valence-corrected chi connectivity index (χ0v) is 15.2. The van der Waals surface area contributed by atoms with E-state index in [4.69, 9.17) is 9.26 Å². The number of para-hydroxylation sites is 1. The van der Waals surface area contributed by atoms with Gasteiger partial charge in [-0.2, -0.15) is 0 Å². The number of imide groups is 1. The van der Waals surface area contributed by atoms with Crippen molar-refractivity contribution in [3.8, 4) is 0 Å². The fraction of sp³-hybridized carbons (Fsp3) is 0.200. The highest BCUT2D eigenvalue weighted by Gasteiger charge is 2.21. The third kappa shape index (κ3) is 4.94. The molecular weight excluding hydrogens is 362 g/mol. The number of fused-ring (bicyclic) bond motifs is 1. The van der Waals surface area contributed by atoms with Gasteiger partial charge in [0.25, 0.3) is 5.91 Å². The van der Waals surface area contributed by atoms with Crippen LogP contribution in [0.4, 0.5) is 4.79 Å². The molecule has 1 heterocycles. The Bertz CT molecular complexity index is 984. The minimum absolute atomic E-state index is 0.144. The second-order valence-corrected chi connectivity index (χ2v) is 6.09. The van der Waals surface area contributed by atoms with E-state index in [9.17, 15) is 14.4 Å². The van der Waals surface area contributed by atoms with Crippen LogP contribution in [-0.4, -0.2) is 29.2 Å². The fourth-order valence-corrected chi connectivity index (χ4v) is 2.53. The molecule has 8 heteroatoms. The molecule has 0 aliphatic heterocycles. The molecule has 0 spiro atoms. The Kier molecular flexibility index (Phi) is 6.01. The molecule has 0 saturated carbocycles. The first-order valence-corrected chi connectivity index (χ1v) is 8.68. The Morgan fingerprint density at radius 2 is 1.79 bits per heavy atom. The first kappa shape index (κ1) is 19.1. The van der Waals surface area contributed by atoms with Crippen LogP contribution in [0.2, 0.25) is 0 Å². The van der Waals surface area contributed by atoms with Gasteiger partial charge in [0, 0.05) is 11.9 Å².